The van der Waals surface area contributed by atoms with Gasteiger partial charge in [-0.1, -0.05) is 0 Å². The molecule has 1 aromatic carbocycles. The molecule has 1 aromatic rings. The van der Waals surface area contributed by atoms with Crippen LogP contribution in [0.1, 0.15) is 30.1 Å². The van der Waals surface area contributed by atoms with Crippen molar-refractivity contribution >= 4 is 23.5 Å². The van der Waals surface area contributed by atoms with E-state index in [1.165, 1.54) is 11.8 Å². The van der Waals surface area contributed by atoms with E-state index in [1.807, 2.05) is 0 Å². The molecule has 0 spiro atoms. The third-order valence-corrected chi connectivity index (χ3v) is 3.81. The van der Waals surface area contributed by atoms with Gasteiger partial charge in [0.1, 0.15) is 11.8 Å². The van der Waals surface area contributed by atoms with Gasteiger partial charge in [0.15, 0.2) is 6.61 Å². The van der Waals surface area contributed by atoms with Gasteiger partial charge in [0.05, 0.1) is 5.69 Å². The van der Waals surface area contributed by atoms with E-state index in [2.05, 4.69) is 5.32 Å². The number of aliphatic carboxylic acids is 1. The van der Waals surface area contributed by atoms with Gasteiger partial charge in [-0.2, -0.15) is 0 Å². The summed E-state index contributed by atoms with van der Waals surface area (Å²) in [7, 11) is 0. The summed E-state index contributed by atoms with van der Waals surface area (Å²) >= 11 is 0. The van der Waals surface area contributed by atoms with Crippen LogP contribution < -0.4 is 10.1 Å². The van der Waals surface area contributed by atoms with E-state index in [-0.39, 0.29) is 24.5 Å². The summed E-state index contributed by atoms with van der Waals surface area (Å²) in [5, 5.41) is 11.8. The molecule has 22 heavy (non-hydrogen) atoms. The van der Waals surface area contributed by atoms with E-state index >= 15 is 0 Å². The standard InChI is InChI=1S/C15H16N2O5/c1-8(15(20)21)17(10-3-4-10)14(19)9-2-5-11-12(6-9)22-7-13(18)16-11/h2,5-6,8,10H,3-4,7H2,1H3,(H,16,18)(H,20,21). The summed E-state index contributed by atoms with van der Waals surface area (Å²) in [4.78, 5) is 36.5. The number of nitrogens with zero attached hydrogens (tertiary/aromatic N) is 1. The average molecular weight is 304 g/mol. The highest BCUT2D eigenvalue weighted by atomic mass is 16.5. The number of carbonyl (C=O) groups is 3. The van der Waals surface area contributed by atoms with Crippen molar-refractivity contribution in [1.82, 2.24) is 4.90 Å². The molecule has 0 bridgehead atoms. The van der Waals surface area contributed by atoms with Gasteiger partial charge in [0.2, 0.25) is 0 Å². The molecule has 2 amide bonds. The summed E-state index contributed by atoms with van der Waals surface area (Å²) in [6.07, 6.45) is 1.64. The van der Waals surface area contributed by atoms with Crippen molar-refractivity contribution in [2.75, 3.05) is 11.9 Å². The maximum Gasteiger partial charge on any atom is 0.326 e. The molecule has 2 N–H and O–H groups in total. The van der Waals surface area contributed by atoms with Crippen LogP contribution in [0.25, 0.3) is 0 Å². The van der Waals surface area contributed by atoms with Crippen molar-refractivity contribution in [2.24, 2.45) is 0 Å². The first-order valence-electron chi connectivity index (χ1n) is 7.09. The molecule has 1 fully saturated rings. The van der Waals surface area contributed by atoms with E-state index in [0.717, 1.165) is 12.8 Å². The Labute approximate surface area is 126 Å². The van der Waals surface area contributed by atoms with E-state index in [1.54, 1.807) is 18.2 Å². The lowest BCUT2D eigenvalue weighted by molar-refractivity contribution is -0.141. The molecular formula is C15H16N2O5. The minimum absolute atomic E-state index is 0.0183. The van der Waals surface area contributed by atoms with Crippen LogP contribution in [0, 0.1) is 0 Å². The zero-order valence-corrected chi connectivity index (χ0v) is 12.0. The molecule has 7 heteroatoms. The second-order valence-electron chi connectivity index (χ2n) is 5.51. The van der Waals surface area contributed by atoms with Gasteiger partial charge in [-0.15, -0.1) is 0 Å². The van der Waals surface area contributed by atoms with Crippen molar-refractivity contribution in [3.05, 3.63) is 23.8 Å². The zero-order chi connectivity index (χ0) is 15.9. The number of anilines is 1. The highest BCUT2D eigenvalue weighted by molar-refractivity contribution is 6.00. The van der Waals surface area contributed by atoms with Crippen LogP contribution in [0.3, 0.4) is 0 Å². The van der Waals surface area contributed by atoms with E-state index < -0.39 is 12.0 Å². The highest BCUT2D eigenvalue weighted by Crippen LogP contribution is 2.33. The van der Waals surface area contributed by atoms with Crippen molar-refractivity contribution in [1.29, 1.82) is 0 Å². The normalized spacial score (nSPS) is 17.8. The Morgan fingerprint density at radius 2 is 2.14 bits per heavy atom. The van der Waals surface area contributed by atoms with Crippen LogP contribution in [-0.2, 0) is 9.59 Å². The topological polar surface area (TPSA) is 95.9 Å². The van der Waals surface area contributed by atoms with E-state index in [9.17, 15) is 19.5 Å². The van der Waals surface area contributed by atoms with Crippen LogP contribution in [-0.4, -0.2) is 46.5 Å². The predicted octanol–water partition coefficient (Wildman–Crippen LogP) is 1.10. The Balaban J connectivity index is 1.87. The van der Waals surface area contributed by atoms with Crippen molar-refractivity contribution in [2.45, 2.75) is 31.8 Å². The fourth-order valence-corrected chi connectivity index (χ4v) is 2.49. The van der Waals surface area contributed by atoms with Crippen molar-refractivity contribution < 1.29 is 24.2 Å². The predicted molar refractivity (Wildman–Crippen MR) is 76.9 cm³/mol. The monoisotopic (exact) mass is 304 g/mol. The molecule has 1 heterocycles. The van der Waals surface area contributed by atoms with E-state index in [0.29, 0.717) is 17.0 Å². The number of rotatable bonds is 4. The number of fused-ring (bicyclic) bond motifs is 1. The third-order valence-electron chi connectivity index (χ3n) is 3.81. The Hall–Kier alpha value is -2.57. The number of carboxylic acids is 1. The summed E-state index contributed by atoms with van der Waals surface area (Å²) in [6, 6.07) is 3.81. The first kappa shape index (κ1) is 14.4. The van der Waals surface area contributed by atoms with Crippen molar-refractivity contribution in [3.63, 3.8) is 0 Å². The molecular weight excluding hydrogens is 288 g/mol. The highest BCUT2D eigenvalue weighted by Gasteiger charge is 2.39. The number of carbonyl (C=O) groups excluding carboxylic acids is 2. The lowest BCUT2D eigenvalue weighted by Gasteiger charge is -2.27. The number of amides is 2. The molecule has 7 nitrogen and oxygen atoms in total. The molecule has 116 valence electrons. The Bertz CT molecular complexity index is 653. The smallest absolute Gasteiger partial charge is 0.326 e. The molecule has 1 saturated carbocycles. The summed E-state index contributed by atoms with van der Waals surface area (Å²) in [5.41, 5.74) is 0.868. The molecule has 3 rings (SSSR count). The van der Waals surface area contributed by atoms with Crippen LogP contribution in [0.15, 0.2) is 18.2 Å². The third kappa shape index (κ3) is 2.61. The first-order chi connectivity index (χ1) is 10.5. The molecule has 0 radical (unpaired) electrons. The number of carboxylic acid groups (broad SMARTS) is 1. The van der Waals surface area contributed by atoms with Gasteiger partial charge in [-0.3, -0.25) is 9.59 Å². The summed E-state index contributed by atoms with van der Waals surface area (Å²) in [6.45, 7) is 1.41. The van der Waals surface area contributed by atoms with Gasteiger partial charge in [0.25, 0.3) is 11.8 Å². The minimum Gasteiger partial charge on any atom is -0.482 e. The quantitative estimate of drug-likeness (QED) is 0.868. The molecule has 1 unspecified atom stereocenters. The Morgan fingerprint density at radius 1 is 1.41 bits per heavy atom. The van der Waals surface area contributed by atoms with Crippen LogP contribution in [0.4, 0.5) is 5.69 Å². The summed E-state index contributed by atoms with van der Waals surface area (Å²) in [5.74, 6) is -1.18. The molecule has 1 atom stereocenters. The molecule has 1 aliphatic carbocycles. The van der Waals surface area contributed by atoms with Gasteiger partial charge < -0.3 is 20.1 Å². The van der Waals surface area contributed by atoms with Crippen LogP contribution in [0.5, 0.6) is 5.75 Å². The largest absolute Gasteiger partial charge is 0.482 e. The lowest BCUT2D eigenvalue weighted by Crippen LogP contribution is -2.44. The maximum atomic E-state index is 12.6. The average Bonchev–Trinajstić information content (AvgIpc) is 3.31. The fourth-order valence-electron chi connectivity index (χ4n) is 2.49. The minimum atomic E-state index is -1.03. The van der Waals surface area contributed by atoms with Crippen LogP contribution >= 0.6 is 0 Å². The van der Waals surface area contributed by atoms with Gasteiger partial charge >= 0.3 is 5.97 Å². The number of nitrogens with one attached hydrogen (secondary N) is 1. The fraction of sp³-hybridized carbons (Fsp3) is 0.400. The lowest BCUT2D eigenvalue weighted by atomic mass is 10.1. The zero-order valence-electron chi connectivity index (χ0n) is 12.0. The molecule has 1 aliphatic heterocycles. The summed E-state index contributed by atoms with van der Waals surface area (Å²) < 4.78 is 5.29. The first-order valence-corrected chi connectivity index (χ1v) is 7.09. The van der Waals surface area contributed by atoms with Crippen LogP contribution in [0.2, 0.25) is 0 Å². The second-order valence-corrected chi connectivity index (χ2v) is 5.51. The molecule has 0 saturated heterocycles. The SMILES string of the molecule is CC(C(=O)O)N(C(=O)c1ccc2c(c1)OCC(=O)N2)C1CC1. The number of hydrogen-bond donors (Lipinski definition) is 2. The number of hydrogen-bond acceptors (Lipinski definition) is 4. The van der Waals surface area contributed by atoms with Gasteiger partial charge in [0, 0.05) is 11.6 Å². The maximum absolute atomic E-state index is 12.6. The Kier molecular flexibility index (Phi) is 3.48. The van der Waals surface area contributed by atoms with Gasteiger partial charge in [-0.05, 0) is 38.0 Å². The molecule has 0 aromatic heterocycles. The van der Waals surface area contributed by atoms with Gasteiger partial charge in [-0.25, -0.2) is 4.79 Å². The number of ether oxygens (including phenoxy) is 1. The number of benzene rings is 1. The second kappa shape index (κ2) is 5.32. The Morgan fingerprint density at radius 3 is 2.77 bits per heavy atom. The van der Waals surface area contributed by atoms with E-state index in [4.69, 9.17) is 4.74 Å². The van der Waals surface area contributed by atoms with Crippen molar-refractivity contribution in [3.8, 4) is 5.75 Å². The molecule has 2 aliphatic rings.